The number of rotatable bonds is 6. The topological polar surface area (TPSA) is 57.6 Å². The van der Waals surface area contributed by atoms with Gasteiger partial charge in [-0.3, -0.25) is 9.59 Å². The predicted octanol–water partition coefficient (Wildman–Crippen LogP) is 3.34. The van der Waals surface area contributed by atoms with Crippen LogP contribution < -0.4 is 0 Å². The van der Waals surface area contributed by atoms with Crippen molar-refractivity contribution in [3.63, 3.8) is 0 Å². The van der Waals surface area contributed by atoms with Crippen LogP contribution in [-0.4, -0.2) is 34.5 Å². The third-order valence-corrected chi connectivity index (χ3v) is 4.57. The van der Waals surface area contributed by atoms with E-state index in [-0.39, 0.29) is 24.3 Å². The zero-order valence-electron chi connectivity index (χ0n) is 13.4. The lowest BCUT2D eigenvalue weighted by Gasteiger charge is -2.26. The lowest BCUT2D eigenvalue weighted by molar-refractivity contribution is -0.140. The van der Waals surface area contributed by atoms with Crippen molar-refractivity contribution >= 4 is 11.9 Å². The van der Waals surface area contributed by atoms with E-state index in [0.29, 0.717) is 13.0 Å². The lowest BCUT2D eigenvalue weighted by Crippen LogP contribution is -2.37. The van der Waals surface area contributed by atoms with Crippen molar-refractivity contribution in [3.8, 4) is 0 Å². The van der Waals surface area contributed by atoms with Crippen LogP contribution in [0.5, 0.6) is 0 Å². The van der Waals surface area contributed by atoms with Crippen LogP contribution >= 0.6 is 0 Å². The number of nitrogens with zero attached hydrogens (tertiary/aromatic N) is 1. The molecule has 2 unspecified atom stereocenters. The van der Waals surface area contributed by atoms with Gasteiger partial charge < -0.3 is 10.0 Å². The second-order valence-electron chi connectivity index (χ2n) is 6.20. The fraction of sp³-hybridized carbons (Fsp3) is 0.556. The number of benzene rings is 1. The highest BCUT2D eigenvalue weighted by molar-refractivity contribution is 5.79. The molecule has 22 heavy (non-hydrogen) atoms. The third kappa shape index (κ3) is 4.09. The first-order chi connectivity index (χ1) is 10.5. The van der Waals surface area contributed by atoms with Crippen LogP contribution in [0.4, 0.5) is 0 Å². The number of carbonyl (C=O) groups excluding carboxylic acids is 1. The van der Waals surface area contributed by atoms with Crippen LogP contribution in [0.3, 0.4) is 0 Å². The zero-order chi connectivity index (χ0) is 16.1. The summed E-state index contributed by atoms with van der Waals surface area (Å²) >= 11 is 0. The molecule has 0 aromatic heterocycles. The van der Waals surface area contributed by atoms with Crippen molar-refractivity contribution in [1.29, 1.82) is 0 Å². The average molecular weight is 303 g/mol. The Labute approximate surface area is 132 Å². The second kappa shape index (κ2) is 7.43. The molecule has 1 saturated heterocycles. The molecular weight excluding hydrogens is 278 g/mol. The highest BCUT2D eigenvalue weighted by Crippen LogP contribution is 2.28. The van der Waals surface area contributed by atoms with E-state index in [1.165, 1.54) is 11.1 Å². The van der Waals surface area contributed by atoms with E-state index >= 15 is 0 Å². The number of carboxylic acids is 1. The molecular formula is C18H25NO3. The van der Waals surface area contributed by atoms with Gasteiger partial charge in [0.25, 0.3) is 0 Å². The van der Waals surface area contributed by atoms with Crippen molar-refractivity contribution in [2.24, 2.45) is 0 Å². The number of likely N-dealkylation sites (tertiary alicyclic amines) is 1. The van der Waals surface area contributed by atoms with E-state index in [9.17, 15) is 9.59 Å². The van der Waals surface area contributed by atoms with Crippen molar-refractivity contribution in [2.45, 2.75) is 57.9 Å². The SMILES string of the molecule is CCC(CC(=O)N1CCCC1CC(=O)O)c1ccc(C)cc1. The summed E-state index contributed by atoms with van der Waals surface area (Å²) in [6.07, 6.45) is 3.15. The Bertz CT molecular complexity index is 524. The highest BCUT2D eigenvalue weighted by Gasteiger charge is 2.31. The van der Waals surface area contributed by atoms with Crippen LogP contribution in [0.25, 0.3) is 0 Å². The van der Waals surface area contributed by atoms with Gasteiger partial charge in [0.2, 0.25) is 5.91 Å². The number of aliphatic carboxylic acids is 1. The van der Waals surface area contributed by atoms with E-state index in [1.54, 1.807) is 4.90 Å². The second-order valence-corrected chi connectivity index (χ2v) is 6.20. The molecule has 0 aliphatic carbocycles. The number of carbonyl (C=O) groups is 2. The zero-order valence-corrected chi connectivity index (χ0v) is 13.4. The molecule has 120 valence electrons. The molecule has 2 atom stereocenters. The minimum Gasteiger partial charge on any atom is -0.481 e. The minimum absolute atomic E-state index is 0.0626. The van der Waals surface area contributed by atoms with Crippen LogP contribution in [0.1, 0.15) is 56.1 Å². The summed E-state index contributed by atoms with van der Waals surface area (Å²) < 4.78 is 0. The molecule has 0 spiro atoms. The first kappa shape index (κ1) is 16.5. The number of hydrogen-bond donors (Lipinski definition) is 1. The van der Waals surface area contributed by atoms with Crippen molar-refractivity contribution < 1.29 is 14.7 Å². The van der Waals surface area contributed by atoms with E-state index < -0.39 is 5.97 Å². The van der Waals surface area contributed by atoms with Crippen LogP contribution in [-0.2, 0) is 9.59 Å². The quantitative estimate of drug-likeness (QED) is 0.877. The van der Waals surface area contributed by atoms with E-state index in [4.69, 9.17) is 5.11 Å². The van der Waals surface area contributed by atoms with Crippen LogP contribution in [0.15, 0.2) is 24.3 Å². The maximum absolute atomic E-state index is 12.6. The molecule has 0 bridgehead atoms. The summed E-state index contributed by atoms with van der Waals surface area (Å²) in [6.45, 7) is 4.84. The van der Waals surface area contributed by atoms with Crippen molar-refractivity contribution in [2.75, 3.05) is 6.54 Å². The van der Waals surface area contributed by atoms with Gasteiger partial charge in [-0.1, -0.05) is 36.8 Å². The highest BCUT2D eigenvalue weighted by atomic mass is 16.4. The number of amides is 1. The van der Waals surface area contributed by atoms with Gasteiger partial charge in [0.15, 0.2) is 0 Å². The molecule has 1 amide bonds. The molecule has 1 N–H and O–H groups in total. The molecule has 1 aromatic carbocycles. The van der Waals surface area contributed by atoms with E-state index in [2.05, 4.69) is 38.1 Å². The molecule has 4 nitrogen and oxygen atoms in total. The van der Waals surface area contributed by atoms with Gasteiger partial charge in [0.1, 0.15) is 0 Å². The monoisotopic (exact) mass is 303 g/mol. The standard InChI is InChI=1S/C18H25NO3/c1-3-14(15-8-6-13(2)7-9-15)11-17(20)19-10-4-5-16(19)12-18(21)22/h6-9,14,16H,3-5,10-12H2,1-2H3,(H,21,22). The first-order valence-corrected chi connectivity index (χ1v) is 8.09. The minimum atomic E-state index is -0.824. The molecule has 1 aliphatic heterocycles. The summed E-state index contributed by atoms with van der Waals surface area (Å²) in [6, 6.07) is 8.21. The molecule has 2 rings (SSSR count). The Kier molecular flexibility index (Phi) is 5.58. The Morgan fingerprint density at radius 2 is 2.00 bits per heavy atom. The van der Waals surface area contributed by atoms with Crippen molar-refractivity contribution in [3.05, 3.63) is 35.4 Å². The number of aryl methyl sites for hydroxylation is 1. The normalized spacial score (nSPS) is 19.2. The van der Waals surface area contributed by atoms with E-state index in [1.807, 2.05) is 0 Å². The Balaban J connectivity index is 2.02. The van der Waals surface area contributed by atoms with Crippen LogP contribution in [0.2, 0.25) is 0 Å². The van der Waals surface area contributed by atoms with Crippen LogP contribution in [0, 0.1) is 6.92 Å². The summed E-state index contributed by atoms with van der Waals surface area (Å²) in [4.78, 5) is 25.3. The predicted molar refractivity (Wildman–Crippen MR) is 85.8 cm³/mol. The molecule has 1 aliphatic rings. The maximum Gasteiger partial charge on any atom is 0.305 e. The fourth-order valence-corrected chi connectivity index (χ4v) is 3.24. The van der Waals surface area contributed by atoms with Gasteiger partial charge >= 0.3 is 5.97 Å². The largest absolute Gasteiger partial charge is 0.481 e. The average Bonchev–Trinajstić information content (AvgIpc) is 2.93. The van der Waals surface area contributed by atoms with Gasteiger partial charge in [-0.25, -0.2) is 0 Å². The van der Waals surface area contributed by atoms with E-state index in [0.717, 1.165) is 19.3 Å². The Morgan fingerprint density at radius 3 is 2.59 bits per heavy atom. The smallest absolute Gasteiger partial charge is 0.305 e. The summed E-state index contributed by atoms with van der Waals surface area (Å²) in [5, 5.41) is 8.97. The first-order valence-electron chi connectivity index (χ1n) is 8.09. The summed E-state index contributed by atoms with van der Waals surface area (Å²) in [5.41, 5.74) is 2.40. The maximum atomic E-state index is 12.6. The third-order valence-electron chi connectivity index (χ3n) is 4.57. The Morgan fingerprint density at radius 1 is 1.32 bits per heavy atom. The van der Waals surface area contributed by atoms with Gasteiger partial charge in [-0.05, 0) is 37.7 Å². The number of carboxylic acid groups (broad SMARTS) is 1. The van der Waals surface area contributed by atoms with Gasteiger partial charge in [0.05, 0.1) is 6.42 Å². The molecule has 0 radical (unpaired) electrons. The van der Waals surface area contributed by atoms with Gasteiger partial charge in [0, 0.05) is 19.0 Å². The number of hydrogen-bond acceptors (Lipinski definition) is 2. The summed E-state index contributed by atoms with van der Waals surface area (Å²) in [5.74, 6) is -0.523. The van der Waals surface area contributed by atoms with Crippen molar-refractivity contribution in [1.82, 2.24) is 4.90 Å². The fourth-order valence-electron chi connectivity index (χ4n) is 3.24. The Hall–Kier alpha value is -1.84. The molecule has 4 heteroatoms. The molecule has 1 aromatic rings. The summed E-state index contributed by atoms with van der Waals surface area (Å²) in [7, 11) is 0. The molecule has 0 saturated carbocycles. The lowest BCUT2D eigenvalue weighted by atomic mass is 9.92. The molecule has 1 heterocycles. The molecule has 1 fully saturated rings. The van der Waals surface area contributed by atoms with Gasteiger partial charge in [-0.15, -0.1) is 0 Å². The van der Waals surface area contributed by atoms with Gasteiger partial charge in [-0.2, -0.15) is 0 Å².